The van der Waals surface area contributed by atoms with Crippen molar-refractivity contribution in [1.82, 2.24) is 10.3 Å². The zero-order chi connectivity index (χ0) is 28.6. The molecule has 40 heavy (non-hydrogen) atoms. The van der Waals surface area contributed by atoms with Crippen LogP contribution in [0.1, 0.15) is 51.1 Å². The molecule has 8 heteroatoms. The number of pyridine rings is 1. The van der Waals surface area contributed by atoms with Crippen LogP contribution in [-0.2, 0) is 6.42 Å². The van der Waals surface area contributed by atoms with Crippen molar-refractivity contribution in [3.8, 4) is 17.0 Å². The van der Waals surface area contributed by atoms with Gasteiger partial charge >= 0.3 is 0 Å². The molecule has 204 valence electrons. The second-order valence-electron chi connectivity index (χ2n) is 9.97. The number of fused-ring (bicyclic) bond motifs is 1. The number of aliphatic imine (C=N–C) groups is 1. The molecule has 1 atom stereocenters. The monoisotopic (exact) mass is 543 g/mol. The maximum Gasteiger partial charge on any atom is 0.251 e. The average Bonchev–Trinajstić information content (AvgIpc) is 3.32. The van der Waals surface area contributed by atoms with Gasteiger partial charge in [0.2, 0.25) is 0 Å². The highest BCUT2D eigenvalue weighted by molar-refractivity contribution is 5.99. The normalized spacial score (nSPS) is 13.0. The molecule has 1 aliphatic heterocycles. The summed E-state index contributed by atoms with van der Waals surface area (Å²) in [5, 5.41) is 3.02. The molecular weight excluding hydrogens is 515 g/mol. The molecule has 0 aliphatic carbocycles. The third-order valence-corrected chi connectivity index (χ3v) is 7.23. The van der Waals surface area contributed by atoms with Crippen LogP contribution in [-0.4, -0.2) is 30.3 Å². The fraction of sp³-hybridized carbons (Fsp3) is 0.219. The fourth-order valence-corrected chi connectivity index (χ4v) is 5.00. The number of amides is 1. The maximum absolute atomic E-state index is 14.8. The number of halogens is 3. The van der Waals surface area contributed by atoms with E-state index in [2.05, 4.69) is 10.3 Å². The van der Waals surface area contributed by atoms with Crippen LogP contribution >= 0.6 is 0 Å². The summed E-state index contributed by atoms with van der Waals surface area (Å²) in [6, 6.07) is 16.2. The molecule has 0 radical (unpaired) electrons. The first-order valence-corrected chi connectivity index (χ1v) is 12.9. The second kappa shape index (κ2) is 11.0. The van der Waals surface area contributed by atoms with Gasteiger partial charge in [0.15, 0.2) is 11.6 Å². The number of methoxy groups -OCH3 is 1. The van der Waals surface area contributed by atoms with Gasteiger partial charge in [-0.2, -0.15) is 0 Å². The van der Waals surface area contributed by atoms with Crippen molar-refractivity contribution < 1.29 is 22.7 Å². The van der Waals surface area contributed by atoms with E-state index in [1.165, 1.54) is 0 Å². The van der Waals surface area contributed by atoms with Gasteiger partial charge in [0.25, 0.3) is 5.91 Å². The summed E-state index contributed by atoms with van der Waals surface area (Å²) in [4.78, 5) is 22.6. The predicted octanol–water partition coefficient (Wildman–Crippen LogP) is 7.00. The van der Waals surface area contributed by atoms with Crippen molar-refractivity contribution >= 4 is 17.3 Å². The minimum Gasteiger partial charge on any atom is -0.494 e. The van der Waals surface area contributed by atoms with Gasteiger partial charge in [0, 0.05) is 41.8 Å². The lowest BCUT2D eigenvalue weighted by atomic mass is 9.92. The summed E-state index contributed by atoms with van der Waals surface area (Å²) < 4.78 is 48.0. The second-order valence-corrected chi connectivity index (χ2v) is 9.97. The molecule has 0 saturated heterocycles. The fourth-order valence-electron chi connectivity index (χ4n) is 5.00. The highest BCUT2D eigenvalue weighted by atomic mass is 19.2. The first-order valence-electron chi connectivity index (χ1n) is 12.9. The first-order chi connectivity index (χ1) is 19.2. The van der Waals surface area contributed by atoms with E-state index < -0.39 is 23.4 Å². The molecule has 1 aromatic heterocycles. The lowest BCUT2D eigenvalue weighted by Gasteiger charge is -2.21. The molecular formula is C32H28F3N3O2. The van der Waals surface area contributed by atoms with Crippen LogP contribution in [0.5, 0.6) is 5.75 Å². The molecule has 2 heterocycles. The Balaban J connectivity index is 1.51. The van der Waals surface area contributed by atoms with E-state index >= 15 is 0 Å². The predicted molar refractivity (Wildman–Crippen MR) is 149 cm³/mol. The van der Waals surface area contributed by atoms with Gasteiger partial charge in [0.1, 0.15) is 17.3 Å². The highest BCUT2D eigenvalue weighted by Crippen LogP contribution is 2.38. The van der Waals surface area contributed by atoms with E-state index in [4.69, 9.17) is 9.72 Å². The van der Waals surface area contributed by atoms with Crippen molar-refractivity contribution in [2.45, 2.75) is 33.1 Å². The number of hydrogen-bond acceptors (Lipinski definition) is 4. The number of carbonyl (C=O) groups is 1. The highest BCUT2D eigenvalue weighted by Gasteiger charge is 2.24. The summed E-state index contributed by atoms with van der Waals surface area (Å²) >= 11 is 0. The molecule has 3 aromatic carbocycles. The van der Waals surface area contributed by atoms with Crippen molar-refractivity contribution in [2.24, 2.45) is 4.99 Å². The smallest absolute Gasteiger partial charge is 0.251 e. The van der Waals surface area contributed by atoms with Gasteiger partial charge in [-0.15, -0.1) is 0 Å². The molecule has 1 aliphatic rings. The number of aromatic nitrogens is 1. The molecule has 5 nitrogen and oxygen atoms in total. The van der Waals surface area contributed by atoms with Crippen LogP contribution in [0.25, 0.3) is 11.3 Å². The number of nitrogens with zero attached hydrogens (tertiary/aromatic N) is 2. The van der Waals surface area contributed by atoms with E-state index in [9.17, 15) is 18.0 Å². The van der Waals surface area contributed by atoms with E-state index in [1.807, 2.05) is 56.3 Å². The van der Waals surface area contributed by atoms with Gasteiger partial charge in [-0.1, -0.05) is 30.3 Å². The number of nitrogens with one attached hydrogen (secondary N) is 1. The first kappa shape index (κ1) is 27.1. The summed E-state index contributed by atoms with van der Waals surface area (Å²) in [5.41, 5.74) is 6.05. The molecule has 4 aromatic rings. The molecule has 5 rings (SSSR count). The van der Waals surface area contributed by atoms with Crippen LogP contribution in [0.15, 0.2) is 65.7 Å². The number of benzene rings is 3. The van der Waals surface area contributed by atoms with Gasteiger partial charge in [0.05, 0.1) is 18.5 Å². The summed E-state index contributed by atoms with van der Waals surface area (Å²) in [6.45, 7) is 5.73. The van der Waals surface area contributed by atoms with Crippen molar-refractivity contribution in [1.29, 1.82) is 0 Å². The third kappa shape index (κ3) is 5.21. The Morgan fingerprint density at radius 1 is 0.975 bits per heavy atom. The minimum absolute atomic E-state index is 0.125. The van der Waals surface area contributed by atoms with Crippen LogP contribution in [0.2, 0.25) is 0 Å². The lowest BCUT2D eigenvalue weighted by molar-refractivity contribution is 0.0952. The Morgan fingerprint density at radius 2 is 1.70 bits per heavy atom. The standard InChI is InChI=1S/C32H28F3N3O2/c1-17-10-28(38-30(19(17)3)23-14-26(34)27(35)15-25(23)33)24(20-8-6-5-7-9-20)16-36-32(39)22-12-21-11-18(2)37-31(21)29(13-22)40-4/h5-10,12-15,24H,11,16H2,1-4H3,(H,36,39). The number of ether oxygens (including phenoxy) is 1. The number of carbonyl (C=O) groups excluding carboxylic acids is 1. The topological polar surface area (TPSA) is 63.6 Å². The Labute approximate surface area is 230 Å². The van der Waals surface area contributed by atoms with Crippen molar-refractivity contribution in [3.63, 3.8) is 0 Å². The quantitative estimate of drug-likeness (QED) is 0.255. The summed E-state index contributed by atoms with van der Waals surface area (Å²) in [7, 11) is 1.55. The maximum atomic E-state index is 14.8. The number of aryl methyl sites for hydroxylation is 1. The SMILES string of the molecule is COc1cc(C(=O)NCC(c2ccccc2)c2cc(C)c(C)c(-c3cc(F)c(F)cc3F)n2)cc2c1N=C(C)C2. The zero-order valence-corrected chi connectivity index (χ0v) is 22.6. The van der Waals surface area contributed by atoms with E-state index in [1.54, 1.807) is 20.1 Å². The molecule has 0 spiro atoms. The Hall–Kier alpha value is -4.46. The minimum atomic E-state index is -1.26. The van der Waals surface area contributed by atoms with Gasteiger partial charge in [-0.25, -0.2) is 13.2 Å². The van der Waals surface area contributed by atoms with E-state index in [-0.39, 0.29) is 23.7 Å². The van der Waals surface area contributed by atoms with Crippen LogP contribution in [0.3, 0.4) is 0 Å². The van der Waals surface area contributed by atoms with Crippen LogP contribution < -0.4 is 10.1 Å². The number of rotatable bonds is 7. The van der Waals surface area contributed by atoms with Crippen LogP contribution in [0.4, 0.5) is 18.9 Å². The molecule has 0 fully saturated rings. The Kier molecular flexibility index (Phi) is 7.43. The van der Waals surface area contributed by atoms with Crippen molar-refractivity contribution in [3.05, 3.63) is 112 Å². The van der Waals surface area contributed by atoms with E-state index in [0.29, 0.717) is 35.1 Å². The molecule has 1 amide bonds. The lowest BCUT2D eigenvalue weighted by Crippen LogP contribution is -2.29. The molecule has 1 unspecified atom stereocenters. The molecule has 0 bridgehead atoms. The summed E-state index contributed by atoms with van der Waals surface area (Å²) in [6.07, 6.45) is 0.648. The van der Waals surface area contributed by atoms with E-state index in [0.717, 1.165) is 34.2 Å². The molecule has 1 N–H and O–H groups in total. The Morgan fingerprint density at radius 3 is 2.42 bits per heavy atom. The Bertz CT molecular complexity index is 1650. The van der Waals surface area contributed by atoms with Gasteiger partial charge < -0.3 is 10.1 Å². The van der Waals surface area contributed by atoms with Crippen molar-refractivity contribution in [2.75, 3.05) is 13.7 Å². The largest absolute Gasteiger partial charge is 0.494 e. The van der Waals surface area contributed by atoms with Gasteiger partial charge in [-0.05, 0) is 67.3 Å². The molecule has 0 saturated carbocycles. The summed E-state index contributed by atoms with van der Waals surface area (Å²) in [5.74, 6) is -3.48. The average molecular weight is 544 g/mol. The zero-order valence-electron chi connectivity index (χ0n) is 22.6. The number of hydrogen-bond donors (Lipinski definition) is 1. The van der Waals surface area contributed by atoms with Crippen LogP contribution in [0, 0.1) is 31.3 Å². The van der Waals surface area contributed by atoms with Gasteiger partial charge in [-0.3, -0.25) is 14.8 Å². The third-order valence-electron chi connectivity index (χ3n) is 7.23.